The molecular weight excluding hydrogens is 512 g/mol. The highest BCUT2D eigenvalue weighted by Crippen LogP contribution is 2.03. The molecule has 0 bridgehead atoms. The summed E-state index contributed by atoms with van der Waals surface area (Å²) >= 11 is 0. The first-order valence-electron chi connectivity index (χ1n) is 13.9. The van der Waals surface area contributed by atoms with Crippen LogP contribution in [0.3, 0.4) is 0 Å². The number of hydrogen-bond donors (Lipinski definition) is 7. The van der Waals surface area contributed by atoms with Crippen LogP contribution in [0, 0.1) is 0 Å². The van der Waals surface area contributed by atoms with Gasteiger partial charge >= 0.3 is 0 Å². The van der Waals surface area contributed by atoms with Crippen molar-refractivity contribution in [3.05, 3.63) is 0 Å². The third-order valence-electron chi connectivity index (χ3n) is 6.02. The van der Waals surface area contributed by atoms with Crippen molar-refractivity contribution in [3.63, 3.8) is 0 Å². The lowest BCUT2D eigenvalue weighted by Crippen LogP contribution is -2.39. The molecule has 0 aromatic carbocycles. The van der Waals surface area contributed by atoms with E-state index in [1.54, 1.807) is 0 Å². The molecule has 0 saturated carbocycles. The summed E-state index contributed by atoms with van der Waals surface area (Å²) in [7, 11) is 0. The number of carbonyl (C=O) groups excluding carboxylic acids is 4. The fourth-order valence-electron chi connectivity index (χ4n) is 3.55. The molecule has 8 N–H and O–H groups in total. The van der Waals surface area contributed by atoms with E-state index in [1.807, 2.05) is 0 Å². The molecule has 4 amide bonds. The lowest BCUT2D eigenvalue weighted by Gasteiger charge is -2.18. The van der Waals surface area contributed by atoms with Gasteiger partial charge < -0.3 is 21.5 Å². The number of nitrogens with two attached hydrogens (primary N) is 1. The molecular formula is C25H50N6O8. The summed E-state index contributed by atoms with van der Waals surface area (Å²) in [5.74, 6) is -1.93. The number of hydroxylamine groups is 6. The molecule has 0 heterocycles. The predicted molar refractivity (Wildman–Crippen MR) is 143 cm³/mol. The summed E-state index contributed by atoms with van der Waals surface area (Å²) in [6, 6.07) is 0. The van der Waals surface area contributed by atoms with Crippen LogP contribution in [0.15, 0.2) is 0 Å². The highest BCUT2D eigenvalue weighted by Gasteiger charge is 2.20. The molecule has 1 atom stereocenters. The Morgan fingerprint density at radius 1 is 0.718 bits per heavy atom. The lowest BCUT2D eigenvalue weighted by atomic mass is 10.2. The number of nitrogens with zero attached hydrogens (tertiary/aromatic N) is 3. The van der Waals surface area contributed by atoms with Crippen molar-refractivity contribution in [2.45, 2.75) is 90.1 Å². The molecule has 0 radical (unpaired) electrons. The van der Waals surface area contributed by atoms with Gasteiger partial charge in [0, 0.05) is 45.9 Å². The van der Waals surface area contributed by atoms with E-state index in [4.69, 9.17) is 5.73 Å². The van der Waals surface area contributed by atoms with Crippen molar-refractivity contribution in [3.8, 4) is 0 Å². The van der Waals surface area contributed by atoms with Crippen LogP contribution in [0.4, 0.5) is 0 Å². The zero-order valence-corrected chi connectivity index (χ0v) is 23.4. The van der Waals surface area contributed by atoms with E-state index < -0.39 is 23.8 Å². The molecule has 39 heavy (non-hydrogen) atoms. The van der Waals surface area contributed by atoms with Gasteiger partial charge in [-0.05, 0) is 71.0 Å². The average Bonchev–Trinajstić information content (AvgIpc) is 2.91. The summed E-state index contributed by atoms with van der Waals surface area (Å²) in [6.45, 7) is 3.88. The monoisotopic (exact) mass is 562 g/mol. The molecule has 228 valence electrons. The summed E-state index contributed by atoms with van der Waals surface area (Å²) in [5.41, 5.74) is 5.40. The van der Waals surface area contributed by atoms with Crippen molar-refractivity contribution in [1.29, 1.82) is 0 Å². The van der Waals surface area contributed by atoms with Crippen LogP contribution in [-0.2, 0) is 19.2 Å². The molecule has 0 aliphatic heterocycles. The van der Waals surface area contributed by atoms with E-state index in [-0.39, 0.29) is 44.8 Å². The third-order valence-corrected chi connectivity index (χ3v) is 6.02. The normalized spacial score (nSPS) is 11.6. The van der Waals surface area contributed by atoms with E-state index in [2.05, 4.69) is 10.6 Å². The Hall–Kier alpha value is -2.36. The predicted octanol–water partition coefficient (Wildman–Crippen LogP) is 0.366. The van der Waals surface area contributed by atoms with Gasteiger partial charge in [-0.3, -0.25) is 34.8 Å². The Balaban J connectivity index is 3.72. The van der Waals surface area contributed by atoms with Gasteiger partial charge in [0.2, 0.25) is 17.7 Å². The Morgan fingerprint density at radius 3 is 1.90 bits per heavy atom. The van der Waals surface area contributed by atoms with Crippen molar-refractivity contribution in [2.75, 3.05) is 45.8 Å². The first kappa shape index (κ1) is 36.6. The molecule has 0 rings (SSSR count). The molecule has 0 aliphatic carbocycles. The number of unbranched alkanes of at least 4 members (excludes halogenated alkanes) is 6. The molecule has 0 aromatic rings. The topological polar surface area (TPSA) is 209 Å². The minimum atomic E-state index is -1.27. The number of aliphatic hydroxyl groups is 1. The lowest BCUT2D eigenvalue weighted by molar-refractivity contribution is -0.175. The van der Waals surface area contributed by atoms with Crippen LogP contribution in [0.2, 0.25) is 0 Å². The first-order valence-corrected chi connectivity index (χ1v) is 13.9. The average molecular weight is 563 g/mol. The van der Waals surface area contributed by atoms with Gasteiger partial charge in [-0.15, -0.1) is 0 Å². The Bertz CT molecular complexity index is 699. The fraction of sp³-hybridized carbons (Fsp3) is 0.840. The number of nitrogens with one attached hydrogen (secondary N) is 2. The second-order valence-electron chi connectivity index (χ2n) is 9.50. The molecule has 0 saturated heterocycles. The Kier molecular flexibility index (Phi) is 22.1. The van der Waals surface area contributed by atoms with E-state index >= 15 is 0 Å². The maximum absolute atomic E-state index is 12.0. The zero-order chi connectivity index (χ0) is 29.5. The number of aliphatic hydroxyl groups excluding tert-OH is 1. The maximum atomic E-state index is 12.0. The van der Waals surface area contributed by atoms with Gasteiger partial charge in [0.25, 0.3) is 5.91 Å². The zero-order valence-electron chi connectivity index (χ0n) is 23.4. The molecule has 1 unspecified atom stereocenters. The van der Waals surface area contributed by atoms with E-state index in [9.17, 15) is 39.9 Å². The fourth-order valence-corrected chi connectivity index (χ4v) is 3.55. The highest BCUT2D eigenvalue weighted by atomic mass is 16.5. The van der Waals surface area contributed by atoms with Crippen molar-refractivity contribution >= 4 is 23.6 Å². The Labute approximate surface area is 231 Å². The molecule has 0 spiro atoms. The van der Waals surface area contributed by atoms with Crippen LogP contribution in [-0.4, -0.2) is 111 Å². The van der Waals surface area contributed by atoms with Gasteiger partial charge in [-0.2, -0.15) is 0 Å². The summed E-state index contributed by atoms with van der Waals surface area (Å²) in [6.07, 6.45) is 5.14. The van der Waals surface area contributed by atoms with Crippen molar-refractivity contribution in [2.24, 2.45) is 5.73 Å². The van der Waals surface area contributed by atoms with Gasteiger partial charge in [0.15, 0.2) is 0 Å². The quantitative estimate of drug-likeness (QED) is 0.0488. The molecule has 0 aliphatic rings. The third kappa shape index (κ3) is 20.2. The summed E-state index contributed by atoms with van der Waals surface area (Å²) in [5, 5.41) is 46.4. The molecule has 14 nitrogen and oxygen atoms in total. The van der Waals surface area contributed by atoms with Gasteiger partial charge in [0.05, 0.1) is 0 Å². The van der Waals surface area contributed by atoms with Crippen LogP contribution in [0.1, 0.15) is 84.0 Å². The number of carbonyl (C=O) groups is 4. The van der Waals surface area contributed by atoms with Crippen molar-refractivity contribution in [1.82, 2.24) is 25.8 Å². The largest absolute Gasteiger partial charge is 0.383 e. The first-order chi connectivity index (χ1) is 18.6. The van der Waals surface area contributed by atoms with Crippen LogP contribution < -0.4 is 16.4 Å². The second kappa shape index (κ2) is 23.5. The van der Waals surface area contributed by atoms with Crippen LogP contribution in [0.5, 0.6) is 0 Å². The van der Waals surface area contributed by atoms with Crippen LogP contribution in [0.25, 0.3) is 0 Å². The van der Waals surface area contributed by atoms with Gasteiger partial charge in [-0.1, -0.05) is 12.8 Å². The van der Waals surface area contributed by atoms with E-state index in [0.717, 1.165) is 32.1 Å². The highest BCUT2D eigenvalue weighted by molar-refractivity contribution is 5.83. The standard InChI is InChI=1S/C25H50N6O8/c1-21(32)29(37)18-9-4-7-16-28-23(34)11-12-24(35)30(38)19-10-3-6-15-27-17-13-22(33)25(36)31(39)20-8-2-5-14-26/h22,27,33,37-39H,2-20,26H2,1H3,(H,28,34). The molecule has 0 aromatic heterocycles. The smallest absolute Gasteiger partial charge is 0.274 e. The van der Waals surface area contributed by atoms with E-state index in [0.29, 0.717) is 67.1 Å². The van der Waals surface area contributed by atoms with Crippen LogP contribution >= 0.6 is 0 Å². The van der Waals surface area contributed by atoms with Gasteiger partial charge in [-0.25, -0.2) is 15.2 Å². The minimum Gasteiger partial charge on any atom is -0.383 e. The maximum Gasteiger partial charge on any atom is 0.274 e. The number of rotatable bonds is 24. The second-order valence-corrected chi connectivity index (χ2v) is 9.50. The number of hydrogen-bond acceptors (Lipinski definition) is 10. The summed E-state index contributed by atoms with van der Waals surface area (Å²) < 4.78 is 0. The minimum absolute atomic E-state index is 0.0226. The Morgan fingerprint density at radius 2 is 1.28 bits per heavy atom. The SMILES string of the molecule is CC(=O)N(O)CCCCCNC(=O)CCC(=O)N(O)CCCCCNCCC(O)C(=O)N(O)CCCCCN. The number of amides is 4. The van der Waals surface area contributed by atoms with E-state index in [1.165, 1.54) is 6.92 Å². The molecule has 0 fully saturated rings. The van der Waals surface area contributed by atoms with Crippen molar-refractivity contribution < 1.29 is 39.9 Å². The molecule has 14 heteroatoms. The van der Waals surface area contributed by atoms with Gasteiger partial charge in [0.1, 0.15) is 6.10 Å². The summed E-state index contributed by atoms with van der Waals surface area (Å²) in [4.78, 5) is 46.6.